The molecule has 1 unspecified atom stereocenters. The molecule has 1 saturated heterocycles. The number of guanidine groups is 1. The van der Waals surface area contributed by atoms with Crippen molar-refractivity contribution in [2.24, 2.45) is 10.7 Å². The molecule has 2 N–H and O–H groups in total. The van der Waals surface area contributed by atoms with Crippen LogP contribution in [0.2, 0.25) is 0 Å². The van der Waals surface area contributed by atoms with Gasteiger partial charge in [0, 0.05) is 19.5 Å². The van der Waals surface area contributed by atoms with Crippen LogP contribution in [0.1, 0.15) is 30.0 Å². The smallest absolute Gasteiger partial charge is 0.255 e. The molecule has 0 bridgehead atoms. The maximum atomic E-state index is 14.7. The highest BCUT2D eigenvalue weighted by atomic mass is 32.2. The lowest BCUT2D eigenvalue weighted by Gasteiger charge is -2.38. The van der Waals surface area contributed by atoms with Crippen molar-refractivity contribution in [3.8, 4) is 5.88 Å². The van der Waals surface area contributed by atoms with Gasteiger partial charge in [0.1, 0.15) is 10.8 Å². The average Bonchev–Trinajstić information content (AvgIpc) is 3.53. The van der Waals surface area contributed by atoms with Crippen molar-refractivity contribution in [2.75, 3.05) is 32.1 Å². The molecule has 2 fully saturated rings. The second-order valence-corrected chi connectivity index (χ2v) is 10.3. The van der Waals surface area contributed by atoms with E-state index in [1.54, 1.807) is 4.90 Å². The number of halogens is 1. The molecule has 31 heavy (non-hydrogen) atoms. The minimum Gasteiger partial charge on any atom is -0.479 e. The molecule has 1 aliphatic carbocycles. The monoisotopic (exact) mass is 446 g/mol. The first kappa shape index (κ1) is 20.0. The fraction of sp³-hybridized carbons (Fsp3) is 0.450. The SMILES string of the molecule is COc1nc(N2CC3[C@](c4ccccc4)(C2)N=C(N)N(C)S3(=O)=O)nc(C2CC2)c1F. The number of hydrogen-bond acceptors (Lipinski definition) is 8. The third-order valence-electron chi connectivity index (χ3n) is 6.28. The van der Waals surface area contributed by atoms with Crippen molar-refractivity contribution in [3.63, 3.8) is 0 Å². The summed E-state index contributed by atoms with van der Waals surface area (Å²) in [5, 5.41) is -0.899. The molecule has 3 heterocycles. The predicted octanol–water partition coefficient (Wildman–Crippen LogP) is 1.18. The van der Waals surface area contributed by atoms with E-state index in [0.29, 0.717) is 5.69 Å². The molecule has 5 rings (SSSR count). The molecular formula is C20H23FN6O3S. The Balaban J connectivity index is 1.65. The number of aliphatic imine (C=N–C) groups is 1. The minimum absolute atomic E-state index is 0.0344. The summed E-state index contributed by atoms with van der Waals surface area (Å²) in [6.45, 7) is 0.283. The van der Waals surface area contributed by atoms with Gasteiger partial charge in [-0.1, -0.05) is 30.3 Å². The van der Waals surface area contributed by atoms with Crippen LogP contribution in [0.3, 0.4) is 0 Å². The van der Waals surface area contributed by atoms with E-state index in [4.69, 9.17) is 10.5 Å². The third kappa shape index (κ3) is 2.93. The zero-order chi connectivity index (χ0) is 22.0. The standard InChI is InChI=1S/C20H23FN6O3S/c1-26-18(22)25-20(13-6-4-3-5-7-13)11-27(10-14(20)31(26,28)29)19-23-16(12-8-9-12)15(21)17(24-19)30-2/h3-7,12,14H,8-11H2,1-2H3,(H2,22,25)/t14?,20-/m1/s1. The molecule has 0 radical (unpaired) electrons. The number of methoxy groups -OCH3 is 1. The largest absolute Gasteiger partial charge is 0.479 e. The van der Waals surface area contributed by atoms with Gasteiger partial charge in [-0.25, -0.2) is 22.7 Å². The van der Waals surface area contributed by atoms with Crippen molar-refractivity contribution in [2.45, 2.75) is 29.5 Å². The van der Waals surface area contributed by atoms with Gasteiger partial charge in [-0.05, 0) is 18.4 Å². The van der Waals surface area contributed by atoms with E-state index < -0.39 is 26.6 Å². The zero-order valence-electron chi connectivity index (χ0n) is 17.2. The normalized spacial score (nSPS) is 27.1. The van der Waals surface area contributed by atoms with Crippen LogP contribution in [-0.2, 0) is 15.6 Å². The van der Waals surface area contributed by atoms with E-state index in [2.05, 4.69) is 15.0 Å². The van der Waals surface area contributed by atoms with Crippen LogP contribution >= 0.6 is 0 Å². The molecule has 1 aromatic carbocycles. The Labute approximate surface area is 179 Å². The lowest BCUT2D eigenvalue weighted by Crippen LogP contribution is -2.56. The second-order valence-electron chi connectivity index (χ2n) is 8.15. The maximum Gasteiger partial charge on any atom is 0.255 e. The Hall–Kier alpha value is -2.95. The van der Waals surface area contributed by atoms with Crippen LogP contribution in [-0.4, -0.2) is 61.1 Å². The van der Waals surface area contributed by atoms with Crippen LogP contribution in [0.4, 0.5) is 10.3 Å². The van der Waals surface area contributed by atoms with Crippen LogP contribution in [0.15, 0.2) is 35.3 Å². The van der Waals surface area contributed by atoms with E-state index >= 15 is 0 Å². The Morgan fingerprint density at radius 3 is 2.58 bits per heavy atom. The number of rotatable bonds is 4. The minimum atomic E-state index is -3.80. The predicted molar refractivity (Wildman–Crippen MR) is 113 cm³/mol. The number of sulfonamides is 1. The van der Waals surface area contributed by atoms with Crippen LogP contribution < -0.4 is 15.4 Å². The summed E-state index contributed by atoms with van der Waals surface area (Å²) < 4.78 is 47.5. The maximum absolute atomic E-state index is 14.7. The molecule has 0 amide bonds. The number of hydrogen-bond donors (Lipinski definition) is 1. The van der Waals surface area contributed by atoms with Gasteiger partial charge in [-0.2, -0.15) is 9.37 Å². The topological polar surface area (TPSA) is 114 Å². The molecule has 164 valence electrons. The van der Waals surface area contributed by atoms with Crippen LogP contribution in [0, 0.1) is 5.82 Å². The van der Waals surface area contributed by atoms with Gasteiger partial charge in [0.05, 0.1) is 19.3 Å². The van der Waals surface area contributed by atoms with E-state index in [9.17, 15) is 12.8 Å². The van der Waals surface area contributed by atoms with E-state index in [0.717, 1.165) is 22.7 Å². The first-order valence-corrected chi connectivity index (χ1v) is 11.5. The van der Waals surface area contributed by atoms with Gasteiger partial charge in [-0.3, -0.25) is 0 Å². The average molecular weight is 447 g/mol. The zero-order valence-corrected chi connectivity index (χ0v) is 18.0. The van der Waals surface area contributed by atoms with Gasteiger partial charge in [0.2, 0.25) is 27.7 Å². The summed E-state index contributed by atoms with van der Waals surface area (Å²) >= 11 is 0. The fourth-order valence-electron chi connectivity index (χ4n) is 4.41. The van der Waals surface area contributed by atoms with Crippen LogP contribution in [0.25, 0.3) is 0 Å². The lowest BCUT2D eigenvalue weighted by molar-refractivity contribution is 0.364. The van der Waals surface area contributed by atoms with Gasteiger partial charge >= 0.3 is 0 Å². The first-order valence-electron chi connectivity index (χ1n) is 10.0. The van der Waals surface area contributed by atoms with Crippen molar-refractivity contribution in [3.05, 3.63) is 47.4 Å². The number of aromatic nitrogens is 2. The number of anilines is 1. The third-order valence-corrected chi connectivity index (χ3v) is 8.49. The fourth-order valence-corrected chi connectivity index (χ4v) is 6.22. The summed E-state index contributed by atoms with van der Waals surface area (Å²) in [6.07, 6.45) is 1.71. The Kier molecular flexibility index (Phi) is 4.37. The highest BCUT2D eigenvalue weighted by Gasteiger charge is 2.59. The van der Waals surface area contributed by atoms with E-state index in [-0.39, 0.29) is 36.8 Å². The second kappa shape index (κ2) is 6.78. The van der Waals surface area contributed by atoms with Crippen molar-refractivity contribution < 1.29 is 17.5 Å². The molecule has 1 saturated carbocycles. The number of nitrogens with zero attached hydrogens (tertiary/aromatic N) is 5. The number of fused-ring (bicyclic) bond motifs is 1. The summed E-state index contributed by atoms with van der Waals surface area (Å²) in [6, 6.07) is 9.21. The molecule has 2 aromatic rings. The van der Waals surface area contributed by atoms with Gasteiger partial charge in [0.25, 0.3) is 5.88 Å². The number of ether oxygens (including phenoxy) is 1. The summed E-state index contributed by atoms with van der Waals surface area (Å²) in [7, 11) is -1.05. The Morgan fingerprint density at radius 2 is 1.94 bits per heavy atom. The van der Waals surface area contributed by atoms with Crippen molar-refractivity contribution in [1.82, 2.24) is 14.3 Å². The molecular weight excluding hydrogens is 423 g/mol. The number of benzene rings is 1. The molecule has 2 atom stereocenters. The highest BCUT2D eigenvalue weighted by Crippen LogP contribution is 2.46. The van der Waals surface area contributed by atoms with E-state index in [1.807, 2.05) is 30.3 Å². The van der Waals surface area contributed by atoms with Crippen molar-refractivity contribution in [1.29, 1.82) is 0 Å². The lowest BCUT2D eigenvalue weighted by atomic mass is 9.89. The quantitative estimate of drug-likeness (QED) is 0.750. The van der Waals surface area contributed by atoms with E-state index in [1.165, 1.54) is 14.2 Å². The van der Waals surface area contributed by atoms with Crippen LogP contribution in [0.5, 0.6) is 5.88 Å². The molecule has 0 spiro atoms. The summed E-state index contributed by atoms with van der Waals surface area (Å²) in [5.41, 5.74) is 5.96. The first-order chi connectivity index (χ1) is 14.8. The van der Waals surface area contributed by atoms with Gasteiger partial charge in [-0.15, -0.1) is 0 Å². The molecule has 11 heteroatoms. The summed E-state index contributed by atoms with van der Waals surface area (Å²) in [5.74, 6) is -0.502. The highest BCUT2D eigenvalue weighted by molar-refractivity contribution is 7.90. The summed E-state index contributed by atoms with van der Waals surface area (Å²) in [4.78, 5) is 15.1. The molecule has 1 aromatic heterocycles. The number of nitrogens with two attached hydrogens (primary N) is 1. The molecule has 2 aliphatic heterocycles. The molecule has 9 nitrogen and oxygen atoms in total. The Bertz CT molecular complexity index is 1170. The Morgan fingerprint density at radius 1 is 1.23 bits per heavy atom. The molecule has 3 aliphatic rings. The van der Waals surface area contributed by atoms with Gasteiger partial charge in [0.15, 0.2) is 0 Å². The van der Waals surface area contributed by atoms with Gasteiger partial charge < -0.3 is 15.4 Å². The van der Waals surface area contributed by atoms with Crippen molar-refractivity contribution >= 4 is 21.9 Å².